The number of thiazole rings is 1. The maximum absolute atomic E-state index is 12.5. The lowest BCUT2D eigenvalue weighted by atomic mass is 10.2. The summed E-state index contributed by atoms with van der Waals surface area (Å²) in [6.45, 7) is 1.82. The van der Waals surface area contributed by atoms with Crippen molar-refractivity contribution in [3.05, 3.63) is 50.6 Å². The number of rotatable bonds is 3. The van der Waals surface area contributed by atoms with E-state index in [9.17, 15) is 9.59 Å². The normalized spacial score (nSPS) is 11.4. The molecule has 0 aliphatic carbocycles. The largest absolute Gasteiger partial charge is 0.317 e. The summed E-state index contributed by atoms with van der Waals surface area (Å²) in [7, 11) is 1.67. The second-order valence-electron chi connectivity index (χ2n) is 6.10. The van der Waals surface area contributed by atoms with Crippen LogP contribution in [0.2, 0.25) is 10.0 Å². The Bertz CT molecular complexity index is 1240. The number of nitrogens with one attached hydrogen (secondary N) is 1. The SMILES string of the molecule is Cc1cn(C)c(=O)c2c1ncn2CC(=O)Nc1nc2cc(Cl)c(Cl)cc2s1. The number of imidazole rings is 1. The number of carbonyl (C=O) groups is 1. The molecule has 7 nitrogen and oxygen atoms in total. The Labute approximate surface area is 167 Å². The smallest absolute Gasteiger partial charge is 0.276 e. The molecule has 0 unspecified atom stereocenters. The van der Waals surface area contributed by atoms with Crippen LogP contribution < -0.4 is 10.9 Å². The van der Waals surface area contributed by atoms with Crippen LogP contribution in [0.1, 0.15) is 5.56 Å². The van der Waals surface area contributed by atoms with Crippen molar-refractivity contribution < 1.29 is 4.79 Å². The first kappa shape index (κ1) is 18.0. The van der Waals surface area contributed by atoms with E-state index >= 15 is 0 Å². The van der Waals surface area contributed by atoms with E-state index in [-0.39, 0.29) is 18.0 Å². The summed E-state index contributed by atoms with van der Waals surface area (Å²) < 4.78 is 3.84. The monoisotopic (exact) mass is 421 g/mol. The number of halogens is 2. The minimum atomic E-state index is -0.311. The summed E-state index contributed by atoms with van der Waals surface area (Å²) in [4.78, 5) is 33.5. The third-order valence-electron chi connectivity index (χ3n) is 4.11. The molecule has 10 heteroatoms. The Morgan fingerprint density at radius 3 is 2.81 bits per heavy atom. The van der Waals surface area contributed by atoms with E-state index in [2.05, 4.69) is 15.3 Å². The Kier molecular flexibility index (Phi) is 4.41. The van der Waals surface area contributed by atoms with Gasteiger partial charge in [0.05, 0.1) is 32.1 Å². The number of anilines is 1. The van der Waals surface area contributed by atoms with Crippen molar-refractivity contribution in [1.29, 1.82) is 0 Å². The van der Waals surface area contributed by atoms with Crippen LogP contribution in [0.5, 0.6) is 0 Å². The molecule has 138 valence electrons. The number of pyridine rings is 1. The number of benzene rings is 1. The highest BCUT2D eigenvalue weighted by atomic mass is 35.5. The molecule has 0 aliphatic rings. The van der Waals surface area contributed by atoms with E-state index in [1.807, 2.05) is 6.92 Å². The Hall–Kier alpha value is -2.42. The lowest BCUT2D eigenvalue weighted by molar-refractivity contribution is -0.116. The van der Waals surface area contributed by atoms with Crippen LogP contribution in [0.25, 0.3) is 21.3 Å². The first-order chi connectivity index (χ1) is 12.8. The molecule has 0 saturated carbocycles. The zero-order valence-electron chi connectivity index (χ0n) is 14.3. The van der Waals surface area contributed by atoms with Gasteiger partial charge in [-0.15, -0.1) is 0 Å². The molecule has 0 bridgehead atoms. The first-order valence-electron chi connectivity index (χ1n) is 7.90. The van der Waals surface area contributed by atoms with E-state index in [0.29, 0.717) is 31.7 Å². The van der Waals surface area contributed by atoms with Crippen LogP contribution in [0.4, 0.5) is 5.13 Å². The summed E-state index contributed by atoms with van der Waals surface area (Å²) in [5.41, 5.74) is 2.31. The number of aryl methyl sites for hydroxylation is 2. The number of aromatic nitrogens is 4. The molecule has 3 aromatic heterocycles. The van der Waals surface area contributed by atoms with E-state index < -0.39 is 0 Å². The van der Waals surface area contributed by atoms with Gasteiger partial charge in [-0.25, -0.2) is 9.97 Å². The molecule has 27 heavy (non-hydrogen) atoms. The van der Waals surface area contributed by atoms with Crippen molar-refractivity contribution in [3.63, 3.8) is 0 Å². The molecule has 0 aliphatic heterocycles. The number of fused-ring (bicyclic) bond motifs is 2. The van der Waals surface area contributed by atoms with E-state index in [0.717, 1.165) is 10.3 Å². The average Bonchev–Trinajstić information content (AvgIpc) is 3.17. The van der Waals surface area contributed by atoms with Gasteiger partial charge in [0.25, 0.3) is 5.56 Å². The van der Waals surface area contributed by atoms with Crippen LogP contribution in [-0.2, 0) is 18.4 Å². The van der Waals surface area contributed by atoms with Crippen molar-refractivity contribution in [2.75, 3.05) is 5.32 Å². The summed E-state index contributed by atoms with van der Waals surface area (Å²) in [6.07, 6.45) is 3.22. The van der Waals surface area contributed by atoms with Gasteiger partial charge in [-0.3, -0.25) is 9.59 Å². The van der Waals surface area contributed by atoms with Crippen LogP contribution >= 0.6 is 34.5 Å². The second kappa shape index (κ2) is 6.63. The van der Waals surface area contributed by atoms with E-state index in [1.54, 1.807) is 29.9 Å². The quantitative estimate of drug-likeness (QED) is 0.547. The maximum atomic E-state index is 12.5. The third kappa shape index (κ3) is 3.20. The fraction of sp³-hybridized carbons (Fsp3) is 0.176. The standard InChI is InChI=1S/C17H13Cl2N5O2S/c1-8-5-23(2)16(26)15-14(8)20-7-24(15)6-13(25)22-17-21-11-3-9(18)10(19)4-12(11)27-17/h3-5,7H,6H2,1-2H3,(H,21,22,25). The Balaban J connectivity index is 1.62. The summed E-state index contributed by atoms with van der Waals surface area (Å²) in [5, 5.41) is 4.02. The van der Waals surface area contributed by atoms with Crippen LogP contribution in [0.3, 0.4) is 0 Å². The van der Waals surface area contributed by atoms with Gasteiger partial charge in [-0.05, 0) is 24.6 Å². The van der Waals surface area contributed by atoms with E-state index in [1.165, 1.54) is 22.2 Å². The highest BCUT2D eigenvalue weighted by Crippen LogP contribution is 2.33. The summed E-state index contributed by atoms with van der Waals surface area (Å²) in [5.74, 6) is -0.311. The fourth-order valence-corrected chi connectivity index (χ4v) is 4.17. The molecule has 0 fully saturated rings. The van der Waals surface area contributed by atoms with Crippen LogP contribution in [0, 0.1) is 6.92 Å². The molecule has 0 radical (unpaired) electrons. The minimum Gasteiger partial charge on any atom is -0.317 e. The number of nitrogens with zero attached hydrogens (tertiary/aromatic N) is 4. The molecule has 0 atom stereocenters. The van der Waals surface area contributed by atoms with Gasteiger partial charge in [0.15, 0.2) is 5.13 Å². The van der Waals surface area contributed by atoms with Crippen molar-refractivity contribution >= 4 is 66.8 Å². The van der Waals surface area contributed by atoms with Gasteiger partial charge in [0, 0.05) is 13.2 Å². The topological polar surface area (TPSA) is 81.8 Å². The maximum Gasteiger partial charge on any atom is 0.276 e. The van der Waals surface area contributed by atoms with Gasteiger partial charge >= 0.3 is 0 Å². The molecule has 4 rings (SSSR count). The first-order valence-corrected chi connectivity index (χ1v) is 9.47. The lowest BCUT2D eigenvalue weighted by Crippen LogP contribution is -2.23. The highest BCUT2D eigenvalue weighted by Gasteiger charge is 2.15. The summed E-state index contributed by atoms with van der Waals surface area (Å²) in [6, 6.07) is 3.36. The van der Waals surface area contributed by atoms with Crippen LogP contribution in [-0.4, -0.2) is 25.0 Å². The molecule has 4 aromatic rings. The van der Waals surface area contributed by atoms with Crippen molar-refractivity contribution in [1.82, 2.24) is 19.1 Å². The van der Waals surface area contributed by atoms with Gasteiger partial charge < -0.3 is 14.5 Å². The van der Waals surface area contributed by atoms with Gasteiger partial charge in [0.2, 0.25) is 5.91 Å². The molecular weight excluding hydrogens is 409 g/mol. The van der Waals surface area contributed by atoms with Gasteiger partial charge in [-0.1, -0.05) is 34.5 Å². The number of carbonyl (C=O) groups excluding carboxylic acids is 1. The zero-order chi connectivity index (χ0) is 19.3. The minimum absolute atomic E-state index is 0.0490. The van der Waals surface area contributed by atoms with Gasteiger partial charge in [-0.2, -0.15) is 0 Å². The summed E-state index contributed by atoms with van der Waals surface area (Å²) >= 11 is 13.3. The lowest BCUT2D eigenvalue weighted by Gasteiger charge is -2.06. The van der Waals surface area contributed by atoms with Crippen LogP contribution in [0.15, 0.2) is 29.5 Å². The van der Waals surface area contributed by atoms with Crippen molar-refractivity contribution in [2.45, 2.75) is 13.5 Å². The number of hydrogen-bond donors (Lipinski definition) is 1. The number of hydrogen-bond acceptors (Lipinski definition) is 5. The van der Waals surface area contributed by atoms with E-state index in [4.69, 9.17) is 23.2 Å². The van der Waals surface area contributed by atoms with Crippen molar-refractivity contribution in [2.24, 2.45) is 7.05 Å². The molecule has 0 spiro atoms. The molecule has 1 N–H and O–H groups in total. The fourth-order valence-electron chi connectivity index (χ4n) is 2.88. The Morgan fingerprint density at radius 1 is 1.30 bits per heavy atom. The molecule has 3 heterocycles. The molecule has 1 aromatic carbocycles. The predicted octanol–water partition coefficient (Wildman–Crippen LogP) is 3.60. The second-order valence-corrected chi connectivity index (χ2v) is 7.94. The van der Waals surface area contributed by atoms with Gasteiger partial charge in [0.1, 0.15) is 12.1 Å². The number of amides is 1. The van der Waals surface area contributed by atoms with Crippen molar-refractivity contribution in [3.8, 4) is 0 Å². The zero-order valence-corrected chi connectivity index (χ0v) is 16.6. The molecule has 1 amide bonds. The Morgan fingerprint density at radius 2 is 2.04 bits per heavy atom. The highest BCUT2D eigenvalue weighted by molar-refractivity contribution is 7.22. The molecule has 0 saturated heterocycles. The third-order valence-corrected chi connectivity index (χ3v) is 5.77. The predicted molar refractivity (Wildman–Crippen MR) is 108 cm³/mol. The average molecular weight is 422 g/mol. The molecular formula is C17H13Cl2N5O2S.